The van der Waals surface area contributed by atoms with E-state index in [0.29, 0.717) is 0 Å². The van der Waals surface area contributed by atoms with Gasteiger partial charge in [0.15, 0.2) is 0 Å². The van der Waals surface area contributed by atoms with Crippen molar-refractivity contribution in [2.45, 2.75) is 0 Å². The van der Waals surface area contributed by atoms with Crippen LogP contribution in [0.5, 0.6) is 0 Å². The summed E-state index contributed by atoms with van der Waals surface area (Å²) in [5.41, 5.74) is 9.99. The summed E-state index contributed by atoms with van der Waals surface area (Å²) in [4.78, 5) is 0. The second-order valence-electron chi connectivity index (χ2n) is 8.53. The van der Waals surface area contributed by atoms with Crippen LogP contribution in [-0.2, 0) is 0 Å². The fourth-order valence-corrected chi connectivity index (χ4v) is 4.94. The van der Waals surface area contributed by atoms with Gasteiger partial charge in [0, 0.05) is 0 Å². The molecule has 0 nitrogen and oxygen atoms in total. The van der Waals surface area contributed by atoms with Gasteiger partial charge < -0.3 is 0 Å². The Labute approximate surface area is 200 Å². The normalized spacial score (nSPS) is 10.9. The fraction of sp³-hybridized carbons (Fsp3) is 0. The molecule has 0 bridgehead atoms. The highest BCUT2D eigenvalue weighted by molar-refractivity contribution is 6.08. The van der Waals surface area contributed by atoms with Crippen molar-refractivity contribution in [2.75, 3.05) is 0 Å². The van der Waals surface area contributed by atoms with Crippen molar-refractivity contribution in [3.8, 4) is 44.5 Å². The lowest BCUT2D eigenvalue weighted by Crippen LogP contribution is -1.93. The summed E-state index contributed by atoms with van der Waals surface area (Å²) < 4.78 is 0. The number of benzene rings is 6. The molecule has 0 aromatic heterocycles. The third-order valence-electron chi connectivity index (χ3n) is 6.51. The Morgan fingerprint density at radius 3 is 1.38 bits per heavy atom. The third kappa shape index (κ3) is 3.60. The topological polar surface area (TPSA) is 0 Å². The second-order valence-corrected chi connectivity index (χ2v) is 8.53. The van der Waals surface area contributed by atoms with Gasteiger partial charge in [0.25, 0.3) is 0 Å². The van der Waals surface area contributed by atoms with Crippen molar-refractivity contribution in [1.29, 1.82) is 0 Å². The van der Waals surface area contributed by atoms with E-state index in [-0.39, 0.29) is 0 Å². The van der Waals surface area contributed by atoms with Crippen LogP contribution < -0.4 is 0 Å². The Kier molecular flexibility index (Phi) is 5.26. The number of hydrogen-bond acceptors (Lipinski definition) is 0. The molecular formula is C34H24. The van der Waals surface area contributed by atoms with Gasteiger partial charge in [-0.25, -0.2) is 0 Å². The van der Waals surface area contributed by atoms with Crippen LogP contribution in [0.4, 0.5) is 0 Å². The minimum absolute atomic E-state index is 1.23. The van der Waals surface area contributed by atoms with Crippen LogP contribution in [0.25, 0.3) is 55.3 Å². The SMILES string of the molecule is c1ccc(-c2ccccc2-c2ccc3ccccc3c2-c2ccccc2-c2ccccc2)cc1. The first-order valence-electron chi connectivity index (χ1n) is 11.7. The number of hydrogen-bond donors (Lipinski definition) is 0. The molecule has 0 saturated heterocycles. The standard InChI is InChI=1S/C34H24/c1-3-13-25(14-4-1)28-18-9-11-21-31(28)33-24-23-27-17-7-8-20-30(27)34(33)32-22-12-10-19-29(32)26-15-5-2-6-16-26/h1-24H. The first kappa shape index (κ1) is 20.2. The van der Waals surface area contributed by atoms with Gasteiger partial charge in [0.05, 0.1) is 0 Å². The van der Waals surface area contributed by atoms with Crippen molar-refractivity contribution in [1.82, 2.24) is 0 Å². The van der Waals surface area contributed by atoms with E-state index in [2.05, 4.69) is 146 Å². The summed E-state index contributed by atoms with van der Waals surface area (Å²) >= 11 is 0. The molecule has 0 saturated carbocycles. The highest BCUT2D eigenvalue weighted by Gasteiger charge is 2.17. The first-order chi connectivity index (χ1) is 16.9. The molecule has 0 fully saturated rings. The zero-order chi connectivity index (χ0) is 22.7. The molecule has 6 aromatic rings. The summed E-state index contributed by atoms with van der Waals surface area (Å²) in [6.07, 6.45) is 0. The maximum absolute atomic E-state index is 2.29. The Bertz CT molecular complexity index is 1580. The molecule has 0 spiro atoms. The van der Waals surface area contributed by atoms with Crippen LogP contribution in [-0.4, -0.2) is 0 Å². The monoisotopic (exact) mass is 432 g/mol. The Morgan fingerprint density at radius 1 is 0.265 bits per heavy atom. The molecule has 34 heavy (non-hydrogen) atoms. The largest absolute Gasteiger partial charge is 0.0622 e. The van der Waals surface area contributed by atoms with Crippen molar-refractivity contribution < 1.29 is 0 Å². The van der Waals surface area contributed by atoms with Crippen molar-refractivity contribution in [2.24, 2.45) is 0 Å². The second kappa shape index (κ2) is 8.84. The van der Waals surface area contributed by atoms with Gasteiger partial charge in [-0.05, 0) is 55.3 Å². The average molecular weight is 433 g/mol. The molecule has 0 radical (unpaired) electrons. The molecule has 160 valence electrons. The van der Waals surface area contributed by atoms with Crippen molar-refractivity contribution >= 4 is 10.8 Å². The maximum atomic E-state index is 2.29. The van der Waals surface area contributed by atoms with Gasteiger partial charge in [-0.2, -0.15) is 0 Å². The predicted molar refractivity (Wildman–Crippen MR) is 146 cm³/mol. The fourth-order valence-electron chi connectivity index (χ4n) is 4.94. The quantitative estimate of drug-likeness (QED) is 0.260. The molecule has 0 N–H and O–H groups in total. The molecule has 0 heterocycles. The molecule has 0 aliphatic carbocycles. The molecule has 0 unspecified atom stereocenters. The summed E-state index contributed by atoms with van der Waals surface area (Å²) in [5.74, 6) is 0. The van der Waals surface area contributed by atoms with E-state index in [9.17, 15) is 0 Å². The maximum Gasteiger partial charge on any atom is -0.00204 e. The van der Waals surface area contributed by atoms with E-state index in [0.717, 1.165) is 0 Å². The highest BCUT2D eigenvalue weighted by Crippen LogP contribution is 2.44. The van der Waals surface area contributed by atoms with Crippen molar-refractivity contribution in [3.05, 3.63) is 146 Å². The summed E-state index contributed by atoms with van der Waals surface area (Å²) in [6.45, 7) is 0. The Morgan fingerprint density at radius 2 is 0.735 bits per heavy atom. The van der Waals surface area contributed by atoms with Gasteiger partial charge in [0.1, 0.15) is 0 Å². The molecule has 0 amide bonds. The Balaban J connectivity index is 1.70. The molecule has 0 aliphatic heterocycles. The molecule has 0 heteroatoms. The zero-order valence-electron chi connectivity index (χ0n) is 18.9. The van der Waals surface area contributed by atoms with Crippen LogP contribution in [0.15, 0.2) is 146 Å². The first-order valence-corrected chi connectivity index (χ1v) is 11.7. The van der Waals surface area contributed by atoms with Gasteiger partial charge in [0.2, 0.25) is 0 Å². The van der Waals surface area contributed by atoms with Crippen LogP contribution in [0.2, 0.25) is 0 Å². The lowest BCUT2D eigenvalue weighted by atomic mass is 9.84. The number of fused-ring (bicyclic) bond motifs is 1. The molecular weight excluding hydrogens is 408 g/mol. The predicted octanol–water partition coefficient (Wildman–Crippen LogP) is 9.51. The van der Waals surface area contributed by atoms with Crippen LogP contribution in [0, 0.1) is 0 Å². The van der Waals surface area contributed by atoms with Crippen LogP contribution in [0.3, 0.4) is 0 Å². The van der Waals surface area contributed by atoms with E-state index in [4.69, 9.17) is 0 Å². The van der Waals surface area contributed by atoms with Gasteiger partial charge in [-0.1, -0.05) is 146 Å². The van der Waals surface area contributed by atoms with Crippen molar-refractivity contribution in [3.63, 3.8) is 0 Å². The van der Waals surface area contributed by atoms with Crippen LogP contribution in [0.1, 0.15) is 0 Å². The minimum Gasteiger partial charge on any atom is -0.0622 e. The lowest BCUT2D eigenvalue weighted by Gasteiger charge is -2.19. The third-order valence-corrected chi connectivity index (χ3v) is 6.51. The van der Waals surface area contributed by atoms with E-state index in [1.807, 2.05) is 0 Å². The summed E-state index contributed by atoms with van der Waals surface area (Å²) in [7, 11) is 0. The van der Waals surface area contributed by atoms with Gasteiger partial charge in [-0.3, -0.25) is 0 Å². The van der Waals surface area contributed by atoms with E-state index in [1.54, 1.807) is 0 Å². The summed E-state index contributed by atoms with van der Waals surface area (Å²) in [5, 5.41) is 2.52. The summed E-state index contributed by atoms with van der Waals surface area (Å²) in [6, 6.07) is 52.2. The Hall–Kier alpha value is -4.42. The highest BCUT2D eigenvalue weighted by atomic mass is 14.2. The van der Waals surface area contributed by atoms with Crippen LogP contribution >= 0.6 is 0 Å². The lowest BCUT2D eigenvalue weighted by molar-refractivity contribution is 1.57. The minimum atomic E-state index is 1.23. The average Bonchev–Trinajstić information content (AvgIpc) is 2.93. The van der Waals surface area contributed by atoms with E-state index < -0.39 is 0 Å². The molecule has 6 aromatic carbocycles. The van der Waals surface area contributed by atoms with Gasteiger partial charge in [-0.15, -0.1) is 0 Å². The number of rotatable bonds is 4. The van der Waals surface area contributed by atoms with E-state index in [1.165, 1.54) is 55.3 Å². The van der Waals surface area contributed by atoms with E-state index >= 15 is 0 Å². The molecule has 6 rings (SSSR count). The van der Waals surface area contributed by atoms with Gasteiger partial charge >= 0.3 is 0 Å². The molecule has 0 aliphatic rings. The smallest absolute Gasteiger partial charge is 0.00204 e. The molecule has 0 atom stereocenters. The zero-order valence-corrected chi connectivity index (χ0v) is 18.9.